The van der Waals surface area contributed by atoms with Crippen molar-refractivity contribution >= 4 is 21.6 Å². The molecule has 2 aromatic carbocycles. The zero-order valence-electron chi connectivity index (χ0n) is 14.1. The van der Waals surface area contributed by atoms with Gasteiger partial charge >= 0.3 is 0 Å². The van der Waals surface area contributed by atoms with E-state index >= 15 is 0 Å². The molecule has 1 fully saturated rings. The van der Waals surface area contributed by atoms with Crippen molar-refractivity contribution < 1.29 is 17.6 Å². The summed E-state index contributed by atoms with van der Waals surface area (Å²) >= 11 is 0. The molecule has 0 spiro atoms. The number of nitrogens with zero attached hydrogens (tertiary/aromatic N) is 1. The molecular formula is C18H20FN3O3S. The highest BCUT2D eigenvalue weighted by atomic mass is 32.2. The Morgan fingerprint density at radius 3 is 2.38 bits per heavy atom. The molecule has 0 unspecified atom stereocenters. The van der Waals surface area contributed by atoms with Crippen LogP contribution in [0.2, 0.25) is 0 Å². The summed E-state index contributed by atoms with van der Waals surface area (Å²) in [7, 11) is -3.81. The molecule has 1 heterocycles. The van der Waals surface area contributed by atoms with Gasteiger partial charge in [-0.25, -0.2) is 12.8 Å². The van der Waals surface area contributed by atoms with Crippen LogP contribution in [0, 0.1) is 5.82 Å². The summed E-state index contributed by atoms with van der Waals surface area (Å²) in [6, 6.07) is 10.9. The van der Waals surface area contributed by atoms with Gasteiger partial charge in [0.15, 0.2) is 0 Å². The van der Waals surface area contributed by atoms with Gasteiger partial charge in [-0.2, -0.15) is 0 Å². The van der Waals surface area contributed by atoms with Crippen molar-refractivity contribution in [2.45, 2.75) is 11.3 Å². The van der Waals surface area contributed by atoms with Crippen molar-refractivity contribution in [1.29, 1.82) is 0 Å². The molecule has 0 bridgehead atoms. The lowest BCUT2D eigenvalue weighted by molar-refractivity contribution is 0.0766. The topological polar surface area (TPSA) is 78.5 Å². The first-order valence-electron chi connectivity index (χ1n) is 8.34. The molecule has 1 amide bonds. The monoisotopic (exact) mass is 377 g/mol. The quantitative estimate of drug-likeness (QED) is 0.855. The van der Waals surface area contributed by atoms with Crippen molar-refractivity contribution in [1.82, 2.24) is 10.2 Å². The van der Waals surface area contributed by atoms with Gasteiger partial charge in [0.2, 0.25) is 0 Å². The second-order valence-electron chi connectivity index (χ2n) is 6.03. The summed E-state index contributed by atoms with van der Waals surface area (Å²) < 4.78 is 40.1. The van der Waals surface area contributed by atoms with Crippen LogP contribution < -0.4 is 10.0 Å². The van der Waals surface area contributed by atoms with E-state index in [1.807, 2.05) is 0 Å². The fourth-order valence-corrected chi connectivity index (χ4v) is 3.80. The predicted octanol–water partition coefficient (Wildman–Crippen LogP) is 2.06. The third kappa shape index (κ3) is 4.39. The molecule has 3 rings (SSSR count). The van der Waals surface area contributed by atoms with Gasteiger partial charge in [0.1, 0.15) is 5.82 Å². The highest BCUT2D eigenvalue weighted by molar-refractivity contribution is 7.92. The molecule has 0 atom stereocenters. The van der Waals surface area contributed by atoms with E-state index in [0.29, 0.717) is 18.7 Å². The summed E-state index contributed by atoms with van der Waals surface area (Å²) in [4.78, 5) is 14.3. The second kappa shape index (κ2) is 7.84. The minimum absolute atomic E-state index is 0.0379. The van der Waals surface area contributed by atoms with Crippen LogP contribution in [-0.2, 0) is 10.0 Å². The smallest absolute Gasteiger partial charge is 0.261 e. The number of sulfonamides is 1. The second-order valence-corrected chi connectivity index (χ2v) is 7.71. The number of hydrogen-bond donors (Lipinski definition) is 2. The molecule has 1 aliphatic rings. The van der Waals surface area contributed by atoms with Crippen LogP contribution in [0.15, 0.2) is 53.4 Å². The number of halogens is 1. The average Bonchev–Trinajstić information content (AvgIpc) is 2.92. The maximum atomic E-state index is 12.9. The molecule has 0 saturated carbocycles. The van der Waals surface area contributed by atoms with Crippen molar-refractivity contribution in [2.24, 2.45) is 0 Å². The van der Waals surface area contributed by atoms with Crippen LogP contribution in [-0.4, -0.2) is 45.4 Å². The minimum atomic E-state index is -3.81. The number of carbonyl (C=O) groups is 1. The summed E-state index contributed by atoms with van der Waals surface area (Å²) in [5, 5.41) is 3.23. The number of hydrogen-bond acceptors (Lipinski definition) is 4. The molecule has 2 N–H and O–H groups in total. The Balaban J connectivity index is 1.73. The maximum absolute atomic E-state index is 12.9. The van der Waals surface area contributed by atoms with Gasteiger partial charge in [0.05, 0.1) is 4.90 Å². The van der Waals surface area contributed by atoms with Gasteiger partial charge in [-0.05, 0) is 61.5 Å². The Hall–Kier alpha value is -2.45. The fraction of sp³-hybridized carbons (Fsp3) is 0.278. The van der Waals surface area contributed by atoms with Crippen LogP contribution in [0.25, 0.3) is 0 Å². The minimum Gasteiger partial charge on any atom is -0.337 e. The molecule has 138 valence electrons. The SMILES string of the molecule is O=C(c1ccc(S(=O)(=O)Nc2ccc(F)cc2)cc1)N1CCCNCC1. The number of benzene rings is 2. The van der Waals surface area contributed by atoms with E-state index in [0.717, 1.165) is 19.5 Å². The van der Waals surface area contributed by atoms with Gasteiger partial charge < -0.3 is 10.2 Å². The Bertz CT molecular complexity index is 860. The highest BCUT2D eigenvalue weighted by Crippen LogP contribution is 2.18. The van der Waals surface area contributed by atoms with Crippen molar-refractivity contribution in [3.63, 3.8) is 0 Å². The molecule has 6 nitrogen and oxygen atoms in total. The molecule has 0 radical (unpaired) electrons. The number of carbonyl (C=O) groups excluding carboxylic acids is 1. The number of nitrogens with one attached hydrogen (secondary N) is 2. The van der Waals surface area contributed by atoms with Gasteiger partial charge in [-0.3, -0.25) is 9.52 Å². The van der Waals surface area contributed by atoms with Crippen LogP contribution >= 0.6 is 0 Å². The van der Waals surface area contributed by atoms with Crippen molar-refractivity contribution in [3.8, 4) is 0 Å². The zero-order valence-corrected chi connectivity index (χ0v) is 14.9. The van der Waals surface area contributed by atoms with Crippen molar-refractivity contribution in [2.75, 3.05) is 30.9 Å². The molecule has 0 aromatic heterocycles. The number of rotatable bonds is 4. The lowest BCUT2D eigenvalue weighted by atomic mass is 10.2. The molecule has 0 aliphatic carbocycles. The fourth-order valence-electron chi connectivity index (χ4n) is 2.74. The van der Waals surface area contributed by atoms with Gasteiger partial charge in [-0.15, -0.1) is 0 Å². The standard InChI is InChI=1S/C18H20FN3O3S/c19-15-4-6-16(7-5-15)21-26(24,25)17-8-2-14(3-9-17)18(23)22-12-1-10-20-11-13-22/h2-9,20-21H,1,10-13H2. The Morgan fingerprint density at radius 2 is 1.69 bits per heavy atom. The van der Waals surface area contributed by atoms with E-state index in [1.54, 1.807) is 4.90 Å². The van der Waals surface area contributed by atoms with Gasteiger partial charge in [0, 0.05) is 30.9 Å². The zero-order chi connectivity index (χ0) is 18.6. The van der Waals surface area contributed by atoms with E-state index in [2.05, 4.69) is 10.0 Å². The lowest BCUT2D eigenvalue weighted by Gasteiger charge is -2.20. The Labute approximate surface area is 152 Å². The van der Waals surface area contributed by atoms with E-state index in [-0.39, 0.29) is 16.5 Å². The van der Waals surface area contributed by atoms with Crippen LogP contribution in [0.1, 0.15) is 16.8 Å². The highest BCUT2D eigenvalue weighted by Gasteiger charge is 2.19. The Morgan fingerprint density at radius 1 is 1.00 bits per heavy atom. The van der Waals surface area contributed by atoms with Crippen molar-refractivity contribution in [3.05, 3.63) is 59.9 Å². The summed E-state index contributed by atoms with van der Waals surface area (Å²) in [6.07, 6.45) is 0.889. The predicted molar refractivity (Wildman–Crippen MR) is 97.0 cm³/mol. The van der Waals surface area contributed by atoms with Gasteiger partial charge in [-0.1, -0.05) is 0 Å². The van der Waals surface area contributed by atoms with Crippen LogP contribution in [0.5, 0.6) is 0 Å². The normalized spacial score (nSPS) is 15.3. The first-order chi connectivity index (χ1) is 12.5. The third-order valence-corrected chi connectivity index (χ3v) is 5.53. The molecular weight excluding hydrogens is 357 g/mol. The molecule has 26 heavy (non-hydrogen) atoms. The average molecular weight is 377 g/mol. The summed E-state index contributed by atoms with van der Waals surface area (Å²) in [6.45, 7) is 2.94. The number of anilines is 1. The number of amides is 1. The summed E-state index contributed by atoms with van der Waals surface area (Å²) in [5.74, 6) is -0.552. The van der Waals surface area contributed by atoms with E-state index in [1.165, 1.54) is 48.5 Å². The van der Waals surface area contributed by atoms with Crippen LogP contribution in [0.3, 0.4) is 0 Å². The molecule has 8 heteroatoms. The largest absolute Gasteiger partial charge is 0.337 e. The molecule has 1 aliphatic heterocycles. The Kier molecular flexibility index (Phi) is 5.53. The van der Waals surface area contributed by atoms with Gasteiger partial charge in [0.25, 0.3) is 15.9 Å². The maximum Gasteiger partial charge on any atom is 0.261 e. The molecule has 2 aromatic rings. The van der Waals surface area contributed by atoms with E-state index in [9.17, 15) is 17.6 Å². The molecule has 1 saturated heterocycles. The van der Waals surface area contributed by atoms with Crippen LogP contribution in [0.4, 0.5) is 10.1 Å². The lowest BCUT2D eigenvalue weighted by Crippen LogP contribution is -2.34. The third-order valence-electron chi connectivity index (χ3n) is 4.14. The summed E-state index contributed by atoms with van der Waals surface area (Å²) in [5.41, 5.74) is 0.719. The van der Waals surface area contributed by atoms with E-state index < -0.39 is 15.8 Å². The first-order valence-corrected chi connectivity index (χ1v) is 9.82. The first kappa shape index (κ1) is 18.3. The van der Waals surface area contributed by atoms with E-state index in [4.69, 9.17) is 0 Å².